The van der Waals surface area contributed by atoms with Crippen LogP contribution in [0.4, 0.5) is 0 Å². The van der Waals surface area contributed by atoms with Crippen molar-refractivity contribution in [1.29, 1.82) is 0 Å². The lowest BCUT2D eigenvalue weighted by molar-refractivity contribution is 0.206. The molecule has 2 nitrogen and oxygen atoms in total. The van der Waals surface area contributed by atoms with Gasteiger partial charge in [-0.15, -0.1) is 0 Å². The van der Waals surface area contributed by atoms with Crippen LogP contribution in [0.25, 0.3) is 0 Å². The summed E-state index contributed by atoms with van der Waals surface area (Å²) in [6.07, 6.45) is 4.70. The molecule has 0 aromatic heterocycles. The number of benzene rings is 1. The maximum absolute atomic E-state index is 6.11. The van der Waals surface area contributed by atoms with Crippen molar-refractivity contribution in [3.63, 3.8) is 0 Å². The number of hydrogen-bond acceptors (Lipinski definition) is 2. The summed E-state index contributed by atoms with van der Waals surface area (Å²) in [6.45, 7) is 2.12. The second-order valence-electron chi connectivity index (χ2n) is 5.12. The first kappa shape index (κ1) is 9.22. The highest BCUT2D eigenvalue weighted by molar-refractivity contribution is 5.40. The van der Waals surface area contributed by atoms with Gasteiger partial charge in [0.2, 0.25) is 0 Å². The topological polar surface area (TPSA) is 35.2 Å². The summed E-state index contributed by atoms with van der Waals surface area (Å²) >= 11 is 0. The van der Waals surface area contributed by atoms with Gasteiger partial charge in [-0.3, -0.25) is 0 Å². The molecule has 0 spiro atoms. The van der Waals surface area contributed by atoms with Crippen LogP contribution in [0.5, 0.6) is 5.75 Å². The summed E-state index contributed by atoms with van der Waals surface area (Å²) < 4.78 is 5.90. The predicted molar refractivity (Wildman–Crippen MR) is 60.1 cm³/mol. The van der Waals surface area contributed by atoms with Crippen molar-refractivity contribution < 1.29 is 4.74 Å². The van der Waals surface area contributed by atoms with Crippen molar-refractivity contribution in [1.82, 2.24) is 0 Å². The van der Waals surface area contributed by atoms with Gasteiger partial charge in [-0.05, 0) is 31.4 Å². The molecular weight excluding hydrogens is 186 g/mol. The smallest absolute Gasteiger partial charge is 0.123 e. The van der Waals surface area contributed by atoms with Gasteiger partial charge < -0.3 is 10.5 Å². The minimum atomic E-state index is 0.0990. The largest absolute Gasteiger partial charge is 0.490 e. The quantitative estimate of drug-likeness (QED) is 0.799. The molecule has 1 atom stereocenters. The Kier molecular flexibility index (Phi) is 1.84. The molecule has 3 rings (SSSR count). The third kappa shape index (κ3) is 1.74. The first-order valence-corrected chi connectivity index (χ1v) is 5.70. The summed E-state index contributed by atoms with van der Waals surface area (Å²) in [6, 6.07) is 6.42. The van der Waals surface area contributed by atoms with E-state index in [-0.39, 0.29) is 5.54 Å². The lowest BCUT2D eigenvalue weighted by atomic mass is 10.0. The van der Waals surface area contributed by atoms with E-state index in [1.807, 2.05) is 0 Å². The molecule has 0 amide bonds. The SMILES string of the molecule is Cc1ccc2c(c1)CC(CC1(N)CC1)O2. The molecule has 1 aliphatic heterocycles. The van der Waals surface area contributed by atoms with E-state index in [0.29, 0.717) is 6.10 Å². The van der Waals surface area contributed by atoms with Crippen molar-refractivity contribution in [2.75, 3.05) is 0 Å². The molecule has 0 radical (unpaired) electrons. The summed E-state index contributed by atoms with van der Waals surface area (Å²) in [5.74, 6) is 1.06. The zero-order chi connectivity index (χ0) is 10.5. The number of hydrogen-bond donors (Lipinski definition) is 1. The van der Waals surface area contributed by atoms with Crippen LogP contribution in [0.2, 0.25) is 0 Å². The van der Waals surface area contributed by atoms with Crippen LogP contribution in [0, 0.1) is 6.92 Å². The summed E-state index contributed by atoms with van der Waals surface area (Å²) in [5.41, 5.74) is 8.87. The van der Waals surface area contributed by atoms with E-state index in [4.69, 9.17) is 10.5 Å². The molecule has 2 N–H and O–H groups in total. The van der Waals surface area contributed by atoms with Gasteiger partial charge in [0, 0.05) is 18.4 Å². The van der Waals surface area contributed by atoms with E-state index in [0.717, 1.165) is 18.6 Å². The summed E-state index contributed by atoms with van der Waals surface area (Å²) in [5, 5.41) is 0. The van der Waals surface area contributed by atoms with E-state index in [9.17, 15) is 0 Å². The van der Waals surface area contributed by atoms with Crippen LogP contribution < -0.4 is 10.5 Å². The van der Waals surface area contributed by atoms with Gasteiger partial charge in [0.15, 0.2) is 0 Å². The van der Waals surface area contributed by atoms with Crippen LogP contribution in [0.15, 0.2) is 18.2 Å². The number of nitrogens with two attached hydrogens (primary N) is 1. The average Bonchev–Trinajstić information content (AvgIpc) is 2.76. The standard InChI is InChI=1S/C13H17NO/c1-9-2-3-12-10(6-9)7-11(15-12)8-13(14)4-5-13/h2-3,6,11H,4-5,7-8,14H2,1H3. The third-order valence-corrected chi connectivity index (χ3v) is 3.48. The van der Waals surface area contributed by atoms with Crippen molar-refractivity contribution in [2.24, 2.45) is 5.73 Å². The van der Waals surface area contributed by atoms with Crippen LogP contribution in [-0.2, 0) is 6.42 Å². The fourth-order valence-electron chi connectivity index (χ4n) is 2.38. The van der Waals surface area contributed by atoms with Crippen molar-refractivity contribution in [2.45, 2.75) is 44.2 Å². The molecule has 0 bridgehead atoms. The molecule has 1 fully saturated rings. The van der Waals surface area contributed by atoms with Gasteiger partial charge in [0.25, 0.3) is 0 Å². The fourth-order valence-corrected chi connectivity index (χ4v) is 2.38. The predicted octanol–water partition coefficient (Wildman–Crippen LogP) is 2.18. The highest BCUT2D eigenvalue weighted by Gasteiger charge is 2.42. The number of ether oxygens (including phenoxy) is 1. The Morgan fingerprint density at radius 3 is 3.00 bits per heavy atom. The van der Waals surface area contributed by atoms with E-state index in [1.165, 1.54) is 24.0 Å². The molecule has 1 aliphatic carbocycles. The van der Waals surface area contributed by atoms with E-state index < -0.39 is 0 Å². The van der Waals surface area contributed by atoms with Crippen LogP contribution >= 0.6 is 0 Å². The van der Waals surface area contributed by atoms with Gasteiger partial charge >= 0.3 is 0 Å². The molecule has 0 saturated heterocycles. The van der Waals surface area contributed by atoms with Crippen molar-refractivity contribution >= 4 is 0 Å². The minimum absolute atomic E-state index is 0.0990. The Balaban J connectivity index is 1.74. The lowest BCUT2D eigenvalue weighted by Crippen LogP contribution is -2.30. The zero-order valence-corrected chi connectivity index (χ0v) is 9.12. The van der Waals surface area contributed by atoms with Crippen LogP contribution in [-0.4, -0.2) is 11.6 Å². The normalized spacial score (nSPS) is 25.9. The van der Waals surface area contributed by atoms with E-state index >= 15 is 0 Å². The minimum Gasteiger partial charge on any atom is -0.490 e. The Labute approximate surface area is 90.4 Å². The molecular formula is C13H17NO. The Bertz CT molecular complexity index is 396. The molecule has 1 saturated carbocycles. The van der Waals surface area contributed by atoms with Crippen LogP contribution in [0.1, 0.15) is 30.4 Å². The lowest BCUT2D eigenvalue weighted by Gasteiger charge is -2.14. The molecule has 1 heterocycles. The molecule has 2 heteroatoms. The number of rotatable bonds is 2. The first-order chi connectivity index (χ1) is 7.15. The van der Waals surface area contributed by atoms with E-state index in [1.54, 1.807) is 0 Å². The molecule has 1 aromatic carbocycles. The summed E-state index contributed by atoms with van der Waals surface area (Å²) in [7, 11) is 0. The van der Waals surface area contributed by atoms with Gasteiger partial charge in [0.1, 0.15) is 11.9 Å². The molecule has 15 heavy (non-hydrogen) atoms. The van der Waals surface area contributed by atoms with Gasteiger partial charge in [0.05, 0.1) is 0 Å². The Hall–Kier alpha value is -1.02. The maximum atomic E-state index is 6.11. The maximum Gasteiger partial charge on any atom is 0.123 e. The van der Waals surface area contributed by atoms with E-state index in [2.05, 4.69) is 25.1 Å². The Morgan fingerprint density at radius 2 is 2.27 bits per heavy atom. The second kappa shape index (κ2) is 2.99. The highest BCUT2D eigenvalue weighted by Crippen LogP contribution is 2.40. The number of fused-ring (bicyclic) bond motifs is 1. The van der Waals surface area contributed by atoms with Crippen molar-refractivity contribution in [3.05, 3.63) is 29.3 Å². The fraction of sp³-hybridized carbons (Fsp3) is 0.538. The molecule has 1 aromatic rings. The van der Waals surface area contributed by atoms with Gasteiger partial charge in [-0.25, -0.2) is 0 Å². The monoisotopic (exact) mass is 203 g/mol. The van der Waals surface area contributed by atoms with Gasteiger partial charge in [-0.1, -0.05) is 17.7 Å². The number of aryl methyl sites for hydroxylation is 1. The highest BCUT2D eigenvalue weighted by atomic mass is 16.5. The third-order valence-electron chi connectivity index (χ3n) is 3.48. The first-order valence-electron chi connectivity index (χ1n) is 5.70. The van der Waals surface area contributed by atoms with Gasteiger partial charge in [-0.2, -0.15) is 0 Å². The molecule has 1 unspecified atom stereocenters. The van der Waals surface area contributed by atoms with Crippen LogP contribution in [0.3, 0.4) is 0 Å². The molecule has 2 aliphatic rings. The molecule has 80 valence electrons. The Morgan fingerprint density at radius 1 is 1.47 bits per heavy atom. The summed E-state index contributed by atoms with van der Waals surface area (Å²) in [4.78, 5) is 0. The second-order valence-corrected chi connectivity index (χ2v) is 5.12. The van der Waals surface area contributed by atoms with Crippen molar-refractivity contribution in [3.8, 4) is 5.75 Å². The zero-order valence-electron chi connectivity index (χ0n) is 9.12. The average molecular weight is 203 g/mol.